The molecule has 0 atom stereocenters. The summed E-state index contributed by atoms with van der Waals surface area (Å²) in [5.41, 5.74) is 0.941. The average Bonchev–Trinajstić information content (AvgIpc) is 2.73. The van der Waals surface area contributed by atoms with Crippen LogP contribution in [0.25, 0.3) is 11.8 Å². The Morgan fingerprint density at radius 3 is 2.59 bits per heavy atom. The number of aryl methyl sites for hydroxylation is 1. The number of aliphatic carboxylic acids is 1. The molecular weight excluding hydrogens is 218 g/mol. The molecule has 0 radical (unpaired) electrons. The predicted octanol–water partition coefficient (Wildman–Crippen LogP) is 1.67. The maximum atomic E-state index is 11.2. The molecule has 0 bridgehead atoms. The maximum absolute atomic E-state index is 11.2. The lowest BCUT2D eigenvalue weighted by Gasteiger charge is -2.04. The van der Waals surface area contributed by atoms with Crippen LogP contribution in [-0.2, 0) is 4.79 Å². The summed E-state index contributed by atoms with van der Waals surface area (Å²) in [6.45, 7) is 1.70. The average molecular weight is 229 g/mol. The summed E-state index contributed by atoms with van der Waals surface area (Å²) < 4.78 is 1.44. The van der Waals surface area contributed by atoms with E-state index in [4.69, 9.17) is 0 Å². The molecule has 0 aliphatic carbocycles. The topological polar surface area (TPSA) is 68.0 Å². The van der Waals surface area contributed by atoms with Gasteiger partial charge in [-0.15, -0.1) is 10.2 Å². The van der Waals surface area contributed by atoms with E-state index in [1.165, 1.54) is 10.9 Å². The number of hydrogen-bond acceptors (Lipinski definition) is 3. The van der Waals surface area contributed by atoms with Crippen LogP contribution in [0.15, 0.2) is 36.7 Å². The Morgan fingerprint density at radius 1 is 1.35 bits per heavy atom. The molecule has 0 spiro atoms. The third-order valence-corrected chi connectivity index (χ3v) is 2.30. The van der Waals surface area contributed by atoms with Crippen molar-refractivity contribution in [3.05, 3.63) is 48.0 Å². The molecule has 0 aliphatic rings. The first-order valence-electron chi connectivity index (χ1n) is 5.05. The van der Waals surface area contributed by atoms with Crippen molar-refractivity contribution in [2.24, 2.45) is 0 Å². The SMILES string of the molecule is Cc1nncn1/C(=C\c1ccccc1)C(=O)O. The van der Waals surface area contributed by atoms with Crippen LogP contribution >= 0.6 is 0 Å². The Labute approximate surface area is 98.0 Å². The van der Waals surface area contributed by atoms with Crippen molar-refractivity contribution in [3.63, 3.8) is 0 Å². The molecule has 86 valence electrons. The van der Waals surface area contributed by atoms with Crippen molar-refractivity contribution >= 4 is 17.7 Å². The van der Waals surface area contributed by atoms with E-state index in [9.17, 15) is 9.90 Å². The van der Waals surface area contributed by atoms with E-state index in [2.05, 4.69) is 10.2 Å². The molecule has 1 aromatic heterocycles. The Morgan fingerprint density at radius 2 is 2.06 bits per heavy atom. The van der Waals surface area contributed by atoms with Gasteiger partial charge in [-0.1, -0.05) is 30.3 Å². The molecule has 0 unspecified atom stereocenters. The van der Waals surface area contributed by atoms with Gasteiger partial charge in [-0.2, -0.15) is 0 Å². The van der Waals surface area contributed by atoms with Crippen molar-refractivity contribution in [2.45, 2.75) is 6.92 Å². The van der Waals surface area contributed by atoms with Gasteiger partial charge in [0.15, 0.2) is 0 Å². The largest absolute Gasteiger partial charge is 0.477 e. The van der Waals surface area contributed by atoms with E-state index in [0.29, 0.717) is 5.82 Å². The second-order valence-corrected chi connectivity index (χ2v) is 3.49. The van der Waals surface area contributed by atoms with Crippen LogP contribution in [0.3, 0.4) is 0 Å². The number of benzene rings is 1. The summed E-state index contributed by atoms with van der Waals surface area (Å²) in [7, 11) is 0. The smallest absolute Gasteiger partial charge is 0.352 e. The number of carbonyl (C=O) groups is 1. The van der Waals surface area contributed by atoms with Crippen LogP contribution in [-0.4, -0.2) is 25.8 Å². The van der Waals surface area contributed by atoms with Crippen molar-refractivity contribution in [3.8, 4) is 0 Å². The van der Waals surface area contributed by atoms with Crippen molar-refractivity contribution in [1.29, 1.82) is 0 Å². The minimum absolute atomic E-state index is 0.124. The summed E-state index contributed by atoms with van der Waals surface area (Å²) in [4.78, 5) is 11.2. The fourth-order valence-electron chi connectivity index (χ4n) is 1.47. The molecular formula is C12H11N3O2. The molecule has 5 nitrogen and oxygen atoms in total. The number of carboxylic acids is 1. The quantitative estimate of drug-likeness (QED) is 0.813. The molecule has 2 rings (SSSR count). The Bertz CT molecular complexity index is 558. The summed E-state index contributed by atoms with van der Waals surface area (Å²) >= 11 is 0. The lowest BCUT2D eigenvalue weighted by molar-refractivity contribution is -0.130. The monoisotopic (exact) mass is 229 g/mol. The minimum atomic E-state index is -1.02. The summed E-state index contributed by atoms with van der Waals surface area (Å²) in [6.07, 6.45) is 2.97. The minimum Gasteiger partial charge on any atom is -0.477 e. The number of aromatic nitrogens is 3. The molecule has 1 aromatic carbocycles. The molecule has 0 amide bonds. The van der Waals surface area contributed by atoms with Crippen molar-refractivity contribution in [2.75, 3.05) is 0 Å². The molecule has 2 aromatic rings. The second kappa shape index (κ2) is 4.61. The Balaban J connectivity index is 2.48. The normalized spacial score (nSPS) is 11.5. The number of hydrogen-bond donors (Lipinski definition) is 1. The fraction of sp³-hybridized carbons (Fsp3) is 0.0833. The van der Waals surface area contributed by atoms with E-state index in [1.54, 1.807) is 13.0 Å². The first kappa shape index (κ1) is 11.1. The van der Waals surface area contributed by atoms with Gasteiger partial charge in [0.1, 0.15) is 17.8 Å². The van der Waals surface area contributed by atoms with Crippen LogP contribution in [0.4, 0.5) is 0 Å². The lowest BCUT2D eigenvalue weighted by Crippen LogP contribution is -2.08. The maximum Gasteiger partial charge on any atom is 0.352 e. The standard InChI is InChI=1S/C12H11N3O2/c1-9-14-13-8-15(9)11(12(16)17)7-10-5-3-2-4-6-10/h2-8H,1H3,(H,16,17)/b11-7-. The van der Waals surface area contributed by atoms with E-state index in [0.717, 1.165) is 5.56 Å². The number of carboxylic acid groups (broad SMARTS) is 1. The van der Waals surface area contributed by atoms with Crippen LogP contribution < -0.4 is 0 Å². The van der Waals surface area contributed by atoms with Gasteiger partial charge in [0, 0.05) is 0 Å². The molecule has 1 heterocycles. The Kier molecular flexibility index (Phi) is 3.00. The molecule has 5 heteroatoms. The van der Waals surface area contributed by atoms with E-state index >= 15 is 0 Å². The third kappa shape index (κ3) is 2.39. The first-order chi connectivity index (χ1) is 8.18. The van der Waals surface area contributed by atoms with Gasteiger partial charge in [-0.25, -0.2) is 4.79 Å². The van der Waals surface area contributed by atoms with E-state index in [-0.39, 0.29) is 5.70 Å². The first-order valence-corrected chi connectivity index (χ1v) is 5.05. The summed E-state index contributed by atoms with van der Waals surface area (Å²) in [5.74, 6) is -0.480. The van der Waals surface area contributed by atoms with Crippen LogP contribution in [0.2, 0.25) is 0 Å². The Hall–Kier alpha value is -2.43. The van der Waals surface area contributed by atoms with E-state index in [1.807, 2.05) is 30.3 Å². The van der Waals surface area contributed by atoms with Crippen molar-refractivity contribution in [1.82, 2.24) is 14.8 Å². The van der Waals surface area contributed by atoms with Crippen LogP contribution in [0, 0.1) is 6.92 Å². The van der Waals surface area contributed by atoms with Gasteiger partial charge in [0.2, 0.25) is 0 Å². The highest BCUT2D eigenvalue weighted by Gasteiger charge is 2.12. The van der Waals surface area contributed by atoms with Gasteiger partial charge < -0.3 is 5.11 Å². The van der Waals surface area contributed by atoms with Crippen LogP contribution in [0.5, 0.6) is 0 Å². The van der Waals surface area contributed by atoms with Gasteiger partial charge in [0.05, 0.1) is 0 Å². The molecule has 0 saturated carbocycles. The predicted molar refractivity (Wildman–Crippen MR) is 63.0 cm³/mol. The highest BCUT2D eigenvalue weighted by Crippen LogP contribution is 2.12. The molecule has 1 N–H and O–H groups in total. The number of rotatable bonds is 3. The molecule has 0 aliphatic heterocycles. The molecule has 0 fully saturated rings. The highest BCUT2D eigenvalue weighted by atomic mass is 16.4. The molecule has 0 saturated heterocycles. The zero-order valence-corrected chi connectivity index (χ0v) is 9.24. The van der Waals surface area contributed by atoms with Gasteiger partial charge in [-0.05, 0) is 18.6 Å². The van der Waals surface area contributed by atoms with Gasteiger partial charge >= 0.3 is 5.97 Å². The highest BCUT2D eigenvalue weighted by molar-refractivity contribution is 6.14. The zero-order chi connectivity index (χ0) is 12.3. The van der Waals surface area contributed by atoms with E-state index < -0.39 is 5.97 Å². The summed E-state index contributed by atoms with van der Waals surface area (Å²) in [5, 5.41) is 16.6. The second-order valence-electron chi connectivity index (χ2n) is 3.49. The zero-order valence-electron chi connectivity index (χ0n) is 9.24. The van der Waals surface area contributed by atoms with Gasteiger partial charge in [0.25, 0.3) is 0 Å². The molecule has 17 heavy (non-hydrogen) atoms. The van der Waals surface area contributed by atoms with Gasteiger partial charge in [-0.3, -0.25) is 4.57 Å². The fourth-order valence-corrected chi connectivity index (χ4v) is 1.47. The lowest BCUT2D eigenvalue weighted by atomic mass is 10.2. The third-order valence-electron chi connectivity index (χ3n) is 2.30. The van der Waals surface area contributed by atoms with Crippen LogP contribution in [0.1, 0.15) is 11.4 Å². The van der Waals surface area contributed by atoms with Crippen molar-refractivity contribution < 1.29 is 9.90 Å². The summed E-state index contributed by atoms with van der Waals surface area (Å²) in [6, 6.07) is 9.25. The number of nitrogens with zero attached hydrogens (tertiary/aromatic N) is 3.